The van der Waals surface area contributed by atoms with Crippen molar-refractivity contribution < 1.29 is 27.8 Å². The van der Waals surface area contributed by atoms with Gasteiger partial charge in [0.1, 0.15) is 5.75 Å². The summed E-state index contributed by atoms with van der Waals surface area (Å²) in [4.78, 5) is 25.7. The predicted octanol–water partition coefficient (Wildman–Crippen LogP) is 7.67. The molecule has 0 bridgehead atoms. The Morgan fingerprint density at radius 3 is 2.39 bits per heavy atom. The predicted molar refractivity (Wildman–Crippen MR) is 165 cm³/mol. The molecule has 46 heavy (non-hydrogen) atoms. The Bertz CT molecular complexity index is 2030. The second-order valence-electron chi connectivity index (χ2n) is 10.4. The van der Waals surface area contributed by atoms with Crippen LogP contribution in [-0.4, -0.2) is 35.7 Å². The van der Waals surface area contributed by atoms with Crippen LogP contribution in [0.2, 0.25) is 0 Å². The normalized spacial score (nSPS) is 12.1. The zero-order valence-corrected chi connectivity index (χ0v) is 24.4. The number of aryl methyl sites for hydroxylation is 1. The molecule has 0 spiro atoms. The van der Waals surface area contributed by atoms with Crippen LogP contribution in [0.1, 0.15) is 29.8 Å². The summed E-state index contributed by atoms with van der Waals surface area (Å²) in [5, 5.41) is 19.3. The van der Waals surface area contributed by atoms with Crippen LogP contribution < -0.4 is 15.4 Å². The summed E-state index contributed by atoms with van der Waals surface area (Å²) in [7, 11) is 0. The standard InChI is InChI=1S/C33H26F3N7O3/c1-19-12-13-43-30(40-19)28(18-39-43)21-6-9-26(10-7-21)46-32-37-16-25(17-38-32)41-31(45)42-29-15-24(33(34,35)36)8-11-27(29)23-5-3-4-22(14-23)20(2)44/h3-18,20,44H,1-2H3,(H2,41,42,45). The molecule has 6 aromatic rings. The third-order valence-electron chi connectivity index (χ3n) is 7.04. The smallest absolute Gasteiger partial charge is 0.416 e. The maximum Gasteiger partial charge on any atom is 0.416 e. The Labute approximate surface area is 260 Å². The molecule has 0 radical (unpaired) electrons. The number of aliphatic hydroxyl groups excluding tert-OH is 1. The van der Waals surface area contributed by atoms with E-state index in [4.69, 9.17) is 4.74 Å². The van der Waals surface area contributed by atoms with Gasteiger partial charge in [0.15, 0.2) is 5.65 Å². The van der Waals surface area contributed by atoms with E-state index < -0.39 is 23.9 Å². The number of carbonyl (C=O) groups is 1. The Kier molecular flexibility index (Phi) is 8.07. The zero-order valence-electron chi connectivity index (χ0n) is 24.4. The largest absolute Gasteiger partial charge is 0.424 e. The van der Waals surface area contributed by atoms with E-state index in [9.17, 15) is 23.1 Å². The van der Waals surface area contributed by atoms with Crippen LogP contribution in [0.4, 0.5) is 29.3 Å². The highest BCUT2D eigenvalue weighted by Crippen LogP contribution is 2.37. The van der Waals surface area contributed by atoms with Gasteiger partial charge in [-0.05, 0) is 66.9 Å². The molecule has 0 aliphatic rings. The van der Waals surface area contributed by atoms with Crippen molar-refractivity contribution in [2.75, 3.05) is 10.6 Å². The summed E-state index contributed by atoms with van der Waals surface area (Å²) < 4.78 is 48.0. The van der Waals surface area contributed by atoms with Gasteiger partial charge in [-0.3, -0.25) is 0 Å². The molecule has 0 aliphatic carbocycles. The molecular weight excluding hydrogens is 599 g/mol. The first-order valence-electron chi connectivity index (χ1n) is 14.0. The number of rotatable bonds is 7. The molecule has 3 aromatic carbocycles. The van der Waals surface area contributed by atoms with Crippen LogP contribution in [0.3, 0.4) is 0 Å². The van der Waals surface area contributed by atoms with Crippen molar-refractivity contribution in [2.24, 2.45) is 0 Å². The number of amides is 2. The molecule has 2 amide bonds. The summed E-state index contributed by atoms with van der Waals surface area (Å²) in [6.45, 7) is 3.49. The highest BCUT2D eigenvalue weighted by atomic mass is 19.4. The summed E-state index contributed by atoms with van der Waals surface area (Å²) in [6.07, 6.45) is 0.795. The van der Waals surface area contributed by atoms with Gasteiger partial charge in [-0.25, -0.2) is 24.3 Å². The lowest BCUT2D eigenvalue weighted by Crippen LogP contribution is -2.20. The van der Waals surface area contributed by atoms with Crippen molar-refractivity contribution in [1.82, 2.24) is 24.6 Å². The Balaban J connectivity index is 1.14. The number of alkyl halides is 3. The molecule has 1 unspecified atom stereocenters. The highest BCUT2D eigenvalue weighted by Gasteiger charge is 2.31. The van der Waals surface area contributed by atoms with Crippen molar-refractivity contribution in [1.29, 1.82) is 0 Å². The van der Waals surface area contributed by atoms with Crippen LogP contribution in [-0.2, 0) is 6.18 Å². The Hall–Kier alpha value is -5.82. The number of aliphatic hydroxyl groups is 1. The number of halogens is 3. The minimum atomic E-state index is -4.62. The van der Waals surface area contributed by atoms with Crippen LogP contribution in [0.15, 0.2) is 97.6 Å². The monoisotopic (exact) mass is 625 g/mol. The molecule has 3 N–H and O–H groups in total. The first-order chi connectivity index (χ1) is 22.0. The molecule has 3 heterocycles. The molecule has 0 aliphatic heterocycles. The summed E-state index contributed by atoms with van der Waals surface area (Å²) in [5.41, 5.74) is 3.98. The third-order valence-corrected chi connectivity index (χ3v) is 7.04. The number of carbonyl (C=O) groups excluding carboxylic acids is 1. The number of nitrogens with zero attached hydrogens (tertiary/aromatic N) is 5. The maximum absolute atomic E-state index is 13.5. The number of hydrogen-bond donors (Lipinski definition) is 3. The number of anilines is 2. The van der Waals surface area contributed by atoms with E-state index in [2.05, 4.69) is 30.7 Å². The molecule has 0 saturated carbocycles. The van der Waals surface area contributed by atoms with Gasteiger partial charge in [-0.15, -0.1) is 0 Å². The van der Waals surface area contributed by atoms with Gasteiger partial charge in [0, 0.05) is 23.0 Å². The summed E-state index contributed by atoms with van der Waals surface area (Å²) >= 11 is 0. The van der Waals surface area contributed by atoms with Gasteiger partial charge < -0.3 is 20.5 Å². The first-order valence-corrected chi connectivity index (χ1v) is 14.0. The second-order valence-corrected chi connectivity index (χ2v) is 10.4. The van der Waals surface area contributed by atoms with Gasteiger partial charge >= 0.3 is 18.2 Å². The molecule has 10 nitrogen and oxygen atoms in total. The molecular formula is C33H26F3N7O3. The average Bonchev–Trinajstić information content (AvgIpc) is 3.45. The summed E-state index contributed by atoms with van der Waals surface area (Å²) in [5.74, 6) is 0.472. The summed E-state index contributed by atoms with van der Waals surface area (Å²) in [6, 6.07) is 18.1. The maximum atomic E-state index is 13.5. The lowest BCUT2D eigenvalue weighted by atomic mass is 9.98. The van der Waals surface area contributed by atoms with Gasteiger partial charge in [-0.1, -0.05) is 36.4 Å². The number of hydrogen-bond acceptors (Lipinski definition) is 7. The minimum absolute atomic E-state index is 0.0186. The zero-order chi connectivity index (χ0) is 32.4. The van der Waals surface area contributed by atoms with Gasteiger partial charge in [0.05, 0.1) is 41.6 Å². The number of ether oxygens (including phenoxy) is 1. The van der Waals surface area contributed by atoms with Crippen molar-refractivity contribution >= 4 is 23.1 Å². The van der Waals surface area contributed by atoms with E-state index in [1.807, 2.05) is 31.3 Å². The van der Waals surface area contributed by atoms with E-state index in [0.29, 0.717) is 22.4 Å². The van der Waals surface area contributed by atoms with Crippen LogP contribution in [0.25, 0.3) is 27.9 Å². The molecule has 232 valence electrons. The average molecular weight is 626 g/mol. The van der Waals surface area contributed by atoms with E-state index >= 15 is 0 Å². The molecule has 6 rings (SSSR count). The lowest BCUT2D eigenvalue weighted by molar-refractivity contribution is -0.137. The molecule has 13 heteroatoms. The minimum Gasteiger partial charge on any atom is -0.424 e. The SMILES string of the molecule is Cc1ccn2ncc(-c3ccc(Oc4ncc(NC(=O)Nc5cc(C(F)(F)F)ccc5-c5cccc(C(C)O)c5)cn4)cc3)c2n1. The van der Waals surface area contributed by atoms with Crippen LogP contribution in [0.5, 0.6) is 11.8 Å². The fourth-order valence-corrected chi connectivity index (χ4v) is 4.73. The Morgan fingerprint density at radius 2 is 1.67 bits per heavy atom. The molecule has 3 aromatic heterocycles. The lowest BCUT2D eigenvalue weighted by Gasteiger charge is -2.16. The van der Waals surface area contributed by atoms with Crippen LogP contribution >= 0.6 is 0 Å². The number of benzene rings is 3. The number of urea groups is 1. The van der Waals surface area contributed by atoms with E-state index in [1.54, 1.807) is 54.0 Å². The van der Waals surface area contributed by atoms with Crippen molar-refractivity contribution in [3.05, 3.63) is 114 Å². The van der Waals surface area contributed by atoms with E-state index in [1.165, 1.54) is 18.5 Å². The molecule has 0 saturated heterocycles. The van der Waals surface area contributed by atoms with E-state index in [0.717, 1.165) is 34.6 Å². The topological polar surface area (TPSA) is 127 Å². The van der Waals surface area contributed by atoms with Gasteiger partial charge in [0.2, 0.25) is 0 Å². The van der Waals surface area contributed by atoms with Crippen molar-refractivity contribution in [2.45, 2.75) is 26.1 Å². The quantitative estimate of drug-likeness (QED) is 0.166. The highest BCUT2D eigenvalue weighted by molar-refractivity contribution is 6.02. The number of aromatic nitrogens is 5. The van der Waals surface area contributed by atoms with Gasteiger partial charge in [0.25, 0.3) is 0 Å². The van der Waals surface area contributed by atoms with E-state index in [-0.39, 0.29) is 17.4 Å². The van der Waals surface area contributed by atoms with Crippen LogP contribution in [0, 0.1) is 6.92 Å². The number of nitrogens with one attached hydrogen (secondary N) is 2. The molecule has 0 fully saturated rings. The van der Waals surface area contributed by atoms with Gasteiger partial charge in [-0.2, -0.15) is 18.3 Å². The second kappa shape index (κ2) is 12.3. The molecule has 1 atom stereocenters. The van der Waals surface area contributed by atoms with Crippen molar-refractivity contribution in [3.8, 4) is 34.0 Å². The first kappa shape index (κ1) is 30.2. The third kappa shape index (κ3) is 6.64. The fourth-order valence-electron chi connectivity index (χ4n) is 4.73. The number of fused-ring (bicyclic) bond motifs is 1. The Morgan fingerprint density at radius 1 is 0.913 bits per heavy atom. The fraction of sp³-hybridized carbons (Fsp3) is 0.121. The van der Waals surface area contributed by atoms with Crippen molar-refractivity contribution in [3.63, 3.8) is 0 Å².